The number of hydrogen-bond acceptors (Lipinski definition) is 6. The maximum atomic E-state index is 14.1. The average Bonchev–Trinajstić information content (AvgIpc) is 3.27. The second-order valence-electron chi connectivity index (χ2n) is 13.6. The van der Waals surface area contributed by atoms with Crippen molar-refractivity contribution in [3.8, 4) is 0 Å². The highest BCUT2D eigenvalue weighted by atomic mass is 19.1. The van der Waals surface area contributed by atoms with Crippen molar-refractivity contribution >= 4 is 17.8 Å². The fourth-order valence-corrected chi connectivity index (χ4v) is 9.02. The number of amides is 2. The molecule has 8 heteroatoms. The Morgan fingerprint density at radius 2 is 1.82 bits per heavy atom. The minimum absolute atomic E-state index is 0.0261. The Balaban J connectivity index is 1.69. The number of nitrogens with zero attached hydrogens (tertiary/aromatic N) is 1. The van der Waals surface area contributed by atoms with Gasteiger partial charge in [-0.1, -0.05) is 34.6 Å². The lowest BCUT2D eigenvalue weighted by Crippen LogP contribution is -2.63. The third kappa shape index (κ3) is 4.71. The molecule has 4 aliphatic rings. The van der Waals surface area contributed by atoms with Gasteiger partial charge in [-0.15, -0.1) is 0 Å². The Labute approximate surface area is 227 Å². The Morgan fingerprint density at radius 3 is 2.47 bits per heavy atom. The molecule has 0 spiro atoms. The molecule has 4 fully saturated rings. The van der Waals surface area contributed by atoms with Crippen LogP contribution in [0.1, 0.15) is 79.6 Å². The minimum atomic E-state index is -0.953. The molecule has 1 heterocycles. The van der Waals surface area contributed by atoms with Gasteiger partial charge in [-0.05, 0) is 75.8 Å². The first-order chi connectivity index (χ1) is 17.8. The second-order valence-corrected chi connectivity index (χ2v) is 13.6. The molecule has 4 rings (SSSR count). The molecule has 1 aliphatic heterocycles. The average molecular weight is 537 g/mol. The second kappa shape index (κ2) is 10.8. The van der Waals surface area contributed by atoms with Gasteiger partial charge >= 0.3 is 6.09 Å². The number of methoxy groups -OCH3 is 1. The number of nitrogens with one attached hydrogen (secondary N) is 1. The maximum Gasteiger partial charge on any atom is 0.414 e. The molecule has 1 saturated heterocycles. The molecule has 3 saturated carbocycles. The molecule has 2 bridgehead atoms. The van der Waals surface area contributed by atoms with Crippen molar-refractivity contribution in [1.82, 2.24) is 10.2 Å². The molecule has 0 aromatic rings. The standard InChI is InChI=1S/C30H49FN2O5/c1-18-10-15-33(6)17-21(18)26(35)32-27(36)38-23-16-28(4,13-14-31)25(34)20(3)30-11-8-19(2)29(23,5)24(30)22(37-7)9-12-30/h18-24H,8-17H2,1-7H3,(H,32,35,36)/t18-,19+,20-,21-,22+,23+,24?,28+,29-,30?/m0/s1. The van der Waals surface area contributed by atoms with Crippen molar-refractivity contribution in [1.29, 1.82) is 0 Å². The van der Waals surface area contributed by atoms with Gasteiger partial charge in [0.25, 0.3) is 0 Å². The molecule has 38 heavy (non-hydrogen) atoms. The molecule has 216 valence electrons. The summed E-state index contributed by atoms with van der Waals surface area (Å²) >= 11 is 0. The molecular weight excluding hydrogens is 487 g/mol. The predicted octanol–water partition coefficient (Wildman–Crippen LogP) is 5.02. The van der Waals surface area contributed by atoms with Gasteiger partial charge in [0.15, 0.2) is 0 Å². The number of likely N-dealkylation sites (tertiary alicyclic amines) is 1. The number of rotatable bonds is 5. The van der Waals surface area contributed by atoms with Gasteiger partial charge in [-0.3, -0.25) is 19.3 Å². The number of Topliss-reactive ketones (excluding diaryl/α,β-unsaturated/α-hetero) is 1. The number of alkyl carbamates (subject to hydrolysis) is 1. The molecule has 0 aromatic heterocycles. The lowest BCUT2D eigenvalue weighted by Gasteiger charge is -2.61. The largest absolute Gasteiger partial charge is 0.445 e. The van der Waals surface area contributed by atoms with Crippen LogP contribution in [0.2, 0.25) is 0 Å². The lowest BCUT2D eigenvalue weighted by atomic mass is 9.44. The van der Waals surface area contributed by atoms with E-state index in [-0.39, 0.29) is 65.6 Å². The first kappa shape index (κ1) is 29.4. The predicted molar refractivity (Wildman–Crippen MR) is 143 cm³/mol. The number of hydrogen-bond donors (Lipinski definition) is 1. The van der Waals surface area contributed by atoms with Crippen molar-refractivity contribution in [3.63, 3.8) is 0 Å². The van der Waals surface area contributed by atoms with E-state index in [9.17, 15) is 18.8 Å². The summed E-state index contributed by atoms with van der Waals surface area (Å²) in [4.78, 5) is 42.7. The number of carbonyl (C=O) groups excluding carboxylic acids is 3. The topological polar surface area (TPSA) is 84.9 Å². The molecule has 7 nitrogen and oxygen atoms in total. The number of imide groups is 1. The maximum absolute atomic E-state index is 14.1. The van der Waals surface area contributed by atoms with E-state index in [1.165, 1.54) is 0 Å². The van der Waals surface area contributed by atoms with Crippen LogP contribution >= 0.6 is 0 Å². The Bertz CT molecular complexity index is 930. The van der Waals surface area contributed by atoms with Crippen LogP contribution in [0.25, 0.3) is 0 Å². The van der Waals surface area contributed by atoms with E-state index in [4.69, 9.17) is 9.47 Å². The number of piperidine rings is 1. The SMILES string of the molecule is CO[C@@H]1CCC23CC[C@@H](C)[C@](C)(C12)[C@H](OC(=O)NC(=O)[C@H]1CN(C)CC[C@@H]1C)C[C@@](C)(CCF)C(=O)[C@@H]3C. The quantitative estimate of drug-likeness (QED) is 0.531. The highest BCUT2D eigenvalue weighted by Gasteiger charge is 2.68. The van der Waals surface area contributed by atoms with Crippen LogP contribution in [0.4, 0.5) is 9.18 Å². The van der Waals surface area contributed by atoms with Gasteiger partial charge in [0.05, 0.1) is 18.7 Å². The molecular formula is C30H49FN2O5. The van der Waals surface area contributed by atoms with Crippen molar-refractivity contribution in [2.24, 2.45) is 45.8 Å². The molecule has 2 unspecified atom stereocenters. The van der Waals surface area contributed by atoms with Crippen LogP contribution in [-0.4, -0.2) is 68.8 Å². The van der Waals surface area contributed by atoms with Crippen LogP contribution in [0.3, 0.4) is 0 Å². The van der Waals surface area contributed by atoms with E-state index in [0.29, 0.717) is 6.54 Å². The number of ether oxygens (including phenoxy) is 2. The number of halogens is 1. The smallest absolute Gasteiger partial charge is 0.414 e. The zero-order chi connectivity index (χ0) is 28.0. The van der Waals surface area contributed by atoms with E-state index in [1.807, 2.05) is 27.8 Å². The number of ketones is 1. The van der Waals surface area contributed by atoms with E-state index in [2.05, 4.69) is 24.1 Å². The van der Waals surface area contributed by atoms with Gasteiger partial charge in [-0.25, -0.2) is 4.79 Å². The summed E-state index contributed by atoms with van der Waals surface area (Å²) < 4.78 is 26.2. The number of alkyl halides is 1. The third-order valence-electron chi connectivity index (χ3n) is 11.8. The van der Waals surface area contributed by atoms with Crippen LogP contribution in [0.5, 0.6) is 0 Å². The minimum Gasteiger partial charge on any atom is -0.445 e. The normalized spacial score (nSPS) is 45.6. The van der Waals surface area contributed by atoms with Crippen molar-refractivity contribution in [2.45, 2.75) is 91.8 Å². The molecule has 0 radical (unpaired) electrons. The summed E-state index contributed by atoms with van der Waals surface area (Å²) in [6, 6.07) is 0. The van der Waals surface area contributed by atoms with E-state index in [0.717, 1.165) is 38.6 Å². The van der Waals surface area contributed by atoms with Crippen molar-refractivity contribution < 1.29 is 28.2 Å². The van der Waals surface area contributed by atoms with E-state index in [1.54, 1.807) is 7.11 Å². The highest BCUT2D eigenvalue weighted by molar-refractivity contribution is 5.93. The zero-order valence-electron chi connectivity index (χ0n) is 24.5. The molecule has 2 amide bonds. The number of carbonyl (C=O) groups is 3. The summed E-state index contributed by atoms with van der Waals surface area (Å²) in [7, 11) is 3.71. The van der Waals surface area contributed by atoms with Gasteiger partial charge in [0.1, 0.15) is 11.9 Å². The van der Waals surface area contributed by atoms with E-state index < -0.39 is 29.7 Å². The monoisotopic (exact) mass is 536 g/mol. The summed E-state index contributed by atoms with van der Waals surface area (Å²) in [5.41, 5.74) is -1.71. The molecule has 1 N–H and O–H groups in total. The third-order valence-corrected chi connectivity index (χ3v) is 11.8. The summed E-state index contributed by atoms with van der Waals surface area (Å²) in [6.07, 6.45) is 3.35. The summed E-state index contributed by atoms with van der Waals surface area (Å²) in [5.74, 6) is -0.366. The van der Waals surface area contributed by atoms with Crippen LogP contribution in [0, 0.1) is 45.8 Å². The fourth-order valence-electron chi connectivity index (χ4n) is 9.02. The van der Waals surface area contributed by atoms with Gasteiger partial charge in [0, 0.05) is 36.3 Å². The Hall–Kier alpha value is -1.54. The summed E-state index contributed by atoms with van der Waals surface area (Å²) in [6.45, 7) is 11.2. The summed E-state index contributed by atoms with van der Waals surface area (Å²) in [5, 5.41) is 2.54. The molecule has 3 aliphatic carbocycles. The van der Waals surface area contributed by atoms with Crippen LogP contribution in [-0.2, 0) is 19.1 Å². The highest BCUT2D eigenvalue weighted by Crippen LogP contribution is 2.68. The van der Waals surface area contributed by atoms with Crippen molar-refractivity contribution in [3.05, 3.63) is 0 Å². The van der Waals surface area contributed by atoms with Crippen LogP contribution in [0.15, 0.2) is 0 Å². The van der Waals surface area contributed by atoms with Gasteiger partial charge in [0.2, 0.25) is 5.91 Å². The molecule has 0 aromatic carbocycles. The van der Waals surface area contributed by atoms with Crippen LogP contribution < -0.4 is 5.32 Å². The first-order valence-electron chi connectivity index (χ1n) is 14.7. The van der Waals surface area contributed by atoms with Crippen molar-refractivity contribution in [2.75, 3.05) is 33.9 Å². The first-order valence-corrected chi connectivity index (χ1v) is 14.7. The Morgan fingerprint density at radius 1 is 1.13 bits per heavy atom. The zero-order valence-corrected chi connectivity index (χ0v) is 24.5. The van der Waals surface area contributed by atoms with Gasteiger partial charge in [-0.2, -0.15) is 0 Å². The lowest BCUT2D eigenvalue weighted by molar-refractivity contribution is -0.192. The fraction of sp³-hybridized carbons (Fsp3) is 0.900. The Kier molecular flexibility index (Phi) is 8.36. The van der Waals surface area contributed by atoms with Gasteiger partial charge < -0.3 is 14.4 Å². The molecule has 10 atom stereocenters. The van der Waals surface area contributed by atoms with E-state index >= 15 is 0 Å².